The van der Waals surface area contributed by atoms with Crippen LogP contribution in [0, 0.1) is 12.8 Å². The molecule has 0 amide bonds. The van der Waals surface area contributed by atoms with E-state index in [1.807, 2.05) is 30.5 Å². The van der Waals surface area contributed by atoms with E-state index in [2.05, 4.69) is 4.98 Å². The van der Waals surface area contributed by atoms with E-state index in [4.69, 9.17) is 26.8 Å². The number of nitrogens with zero attached hydrogens (tertiary/aromatic N) is 2. The second-order valence-electron chi connectivity index (χ2n) is 9.74. The van der Waals surface area contributed by atoms with Gasteiger partial charge in [0.15, 0.2) is 5.78 Å². The average Bonchev–Trinajstić information content (AvgIpc) is 3.50. The van der Waals surface area contributed by atoms with Crippen molar-refractivity contribution in [2.75, 3.05) is 18.1 Å². The van der Waals surface area contributed by atoms with Crippen LogP contribution in [0.5, 0.6) is 0 Å². The molecule has 3 heterocycles. The minimum absolute atomic E-state index is 0.100. The SMILES string of the molecule is CCOC(=O)C1=C(N)N(c2cccc(Cl)c2C)C2=C(C(=O)C(C(=O)OCC)C(c3cccs3)C2)C1c1cccnc1. The highest BCUT2D eigenvalue weighted by Gasteiger charge is 2.51. The van der Waals surface area contributed by atoms with Gasteiger partial charge in [0.2, 0.25) is 0 Å². The molecule has 212 valence electrons. The van der Waals surface area contributed by atoms with Gasteiger partial charge in [-0.2, -0.15) is 0 Å². The maximum atomic E-state index is 14.7. The van der Waals surface area contributed by atoms with Gasteiger partial charge in [0.25, 0.3) is 0 Å². The summed E-state index contributed by atoms with van der Waals surface area (Å²) in [7, 11) is 0. The second kappa shape index (κ2) is 11.9. The topological polar surface area (TPSA) is 112 Å². The van der Waals surface area contributed by atoms with E-state index < -0.39 is 35.5 Å². The highest BCUT2D eigenvalue weighted by atomic mass is 35.5. The first-order valence-corrected chi connectivity index (χ1v) is 14.6. The van der Waals surface area contributed by atoms with E-state index in [-0.39, 0.29) is 24.6 Å². The molecule has 10 heteroatoms. The van der Waals surface area contributed by atoms with Crippen molar-refractivity contribution in [2.24, 2.45) is 11.7 Å². The lowest BCUT2D eigenvalue weighted by atomic mass is 9.68. The minimum Gasteiger partial charge on any atom is -0.465 e. The number of carbonyl (C=O) groups is 3. The molecule has 2 aliphatic rings. The van der Waals surface area contributed by atoms with E-state index in [1.54, 1.807) is 55.4 Å². The summed E-state index contributed by atoms with van der Waals surface area (Å²) in [6.07, 6.45) is 3.50. The number of carbonyl (C=O) groups excluding carboxylic acids is 3. The fraction of sp³-hybridized carbons (Fsp3) is 0.290. The Bertz CT molecular complexity index is 1550. The number of ketones is 1. The molecule has 0 saturated carbocycles. The molecule has 1 aliphatic carbocycles. The van der Waals surface area contributed by atoms with Gasteiger partial charge < -0.3 is 15.2 Å². The summed E-state index contributed by atoms with van der Waals surface area (Å²) in [5, 5.41) is 2.42. The number of pyridine rings is 1. The lowest BCUT2D eigenvalue weighted by Gasteiger charge is -2.44. The zero-order valence-corrected chi connectivity index (χ0v) is 24.5. The van der Waals surface area contributed by atoms with Crippen LogP contribution in [0.2, 0.25) is 5.02 Å². The fourth-order valence-corrected chi connectivity index (χ4v) is 6.74. The first-order chi connectivity index (χ1) is 19.8. The number of anilines is 1. The van der Waals surface area contributed by atoms with Crippen molar-refractivity contribution in [3.05, 3.63) is 104 Å². The molecule has 5 rings (SSSR count). The summed E-state index contributed by atoms with van der Waals surface area (Å²) >= 11 is 8.01. The average molecular weight is 592 g/mol. The molecule has 8 nitrogen and oxygen atoms in total. The zero-order valence-electron chi connectivity index (χ0n) is 22.9. The summed E-state index contributed by atoms with van der Waals surface area (Å²) < 4.78 is 10.9. The number of nitrogens with two attached hydrogens (primary N) is 1. The maximum absolute atomic E-state index is 14.7. The van der Waals surface area contributed by atoms with Crippen molar-refractivity contribution in [1.82, 2.24) is 4.98 Å². The molecule has 2 N–H and O–H groups in total. The van der Waals surface area contributed by atoms with E-state index in [0.29, 0.717) is 34.0 Å². The number of esters is 2. The molecule has 0 spiro atoms. The zero-order chi connectivity index (χ0) is 29.3. The number of aromatic nitrogens is 1. The number of rotatable bonds is 7. The van der Waals surface area contributed by atoms with Crippen LogP contribution in [0.3, 0.4) is 0 Å². The smallest absolute Gasteiger partial charge is 0.338 e. The predicted octanol–water partition coefficient (Wildman–Crippen LogP) is 5.63. The summed E-state index contributed by atoms with van der Waals surface area (Å²) in [4.78, 5) is 48.6. The molecule has 3 unspecified atom stereocenters. The summed E-state index contributed by atoms with van der Waals surface area (Å²) in [6.45, 7) is 5.50. The number of hydrogen-bond donors (Lipinski definition) is 1. The van der Waals surface area contributed by atoms with Gasteiger partial charge >= 0.3 is 11.9 Å². The van der Waals surface area contributed by atoms with Crippen molar-refractivity contribution in [3.8, 4) is 0 Å². The van der Waals surface area contributed by atoms with Crippen LogP contribution in [0.15, 0.2) is 82.9 Å². The summed E-state index contributed by atoms with van der Waals surface area (Å²) in [5.41, 5.74) is 9.82. The molecule has 0 saturated heterocycles. The molecule has 2 aromatic heterocycles. The van der Waals surface area contributed by atoms with E-state index >= 15 is 0 Å². The highest BCUT2D eigenvalue weighted by molar-refractivity contribution is 7.10. The van der Waals surface area contributed by atoms with Crippen molar-refractivity contribution < 1.29 is 23.9 Å². The van der Waals surface area contributed by atoms with Crippen LogP contribution in [-0.4, -0.2) is 35.9 Å². The Hall–Kier alpha value is -3.95. The fourth-order valence-electron chi connectivity index (χ4n) is 5.70. The van der Waals surface area contributed by atoms with Crippen LogP contribution < -0.4 is 10.6 Å². The molecule has 3 atom stereocenters. The first kappa shape index (κ1) is 28.6. The van der Waals surface area contributed by atoms with Crippen molar-refractivity contribution in [3.63, 3.8) is 0 Å². The van der Waals surface area contributed by atoms with Gasteiger partial charge in [0.1, 0.15) is 11.7 Å². The monoisotopic (exact) mass is 591 g/mol. The molecule has 1 aromatic carbocycles. The Kier molecular flexibility index (Phi) is 8.28. The predicted molar refractivity (Wildman–Crippen MR) is 157 cm³/mol. The van der Waals surface area contributed by atoms with Gasteiger partial charge in [0.05, 0.1) is 30.4 Å². The molecule has 0 fully saturated rings. The van der Waals surface area contributed by atoms with Crippen molar-refractivity contribution in [2.45, 2.75) is 39.0 Å². The number of hydrogen-bond acceptors (Lipinski definition) is 9. The van der Waals surface area contributed by atoms with Crippen LogP contribution in [-0.2, 0) is 23.9 Å². The van der Waals surface area contributed by atoms with Gasteiger partial charge in [-0.3, -0.25) is 19.5 Å². The number of Topliss-reactive ketones (excluding diaryl/α,β-unsaturated/α-hetero) is 1. The third-order valence-corrected chi connectivity index (χ3v) is 8.89. The Morgan fingerprint density at radius 3 is 2.56 bits per heavy atom. The standard InChI is InChI=1S/C31H30ClN3O5S/c1-4-39-30(37)25-19(23-12-8-14-41-23)15-22-26(28(25)36)24(18-9-7-13-34-16-18)27(31(38)40-5-2)29(33)35(22)21-11-6-10-20(32)17(21)3/h6-14,16,19,24-25H,4-5,15,33H2,1-3H3. The molecule has 3 aromatic rings. The van der Waals surface area contributed by atoms with Crippen molar-refractivity contribution >= 4 is 46.3 Å². The number of halogens is 1. The molecular formula is C31H30ClN3O5S. The second-order valence-corrected chi connectivity index (χ2v) is 11.1. The van der Waals surface area contributed by atoms with E-state index in [0.717, 1.165) is 10.4 Å². The van der Waals surface area contributed by atoms with Crippen LogP contribution in [0.1, 0.15) is 48.1 Å². The number of ether oxygens (including phenoxy) is 2. The number of thiophene rings is 1. The molecular weight excluding hydrogens is 562 g/mol. The highest BCUT2D eigenvalue weighted by Crippen LogP contribution is 2.52. The molecule has 41 heavy (non-hydrogen) atoms. The molecule has 1 aliphatic heterocycles. The first-order valence-electron chi connectivity index (χ1n) is 13.4. The van der Waals surface area contributed by atoms with Crippen molar-refractivity contribution in [1.29, 1.82) is 0 Å². The van der Waals surface area contributed by atoms with Gasteiger partial charge in [-0.05, 0) is 68.0 Å². The van der Waals surface area contributed by atoms with Gasteiger partial charge in [-0.15, -0.1) is 11.3 Å². The quantitative estimate of drug-likeness (QED) is 0.278. The summed E-state index contributed by atoms with van der Waals surface area (Å²) in [6, 6.07) is 12.7. The minimum atomic E-state index is -1.10. The molecule has 0 radical (unpaired) electrons. The number of allylic oxidation sites excluding steroid dienone is 2. The third kappa shape index (κ3) is 5.04. The Morgan fingerprint density at radius 1 is 1.12 bits per heavy atom. The maximum Gasteiger partial charge on any atom is 0.338 e. The van der Waals surface area contributed by atoms with E-state index in [1.165, 1.54) is 11.3 Å². The van der Waals surface area contributed by atoms with E-state index in [9.17, 15) is 14.4 Å². The normalized spacial score (nSPS) is 20.6. The van der Waals surface area contributed by atoms with Crippen LogP contribution in [0.25, 0.3) is 0 Å². The lowest BCUT2D eigenvalue weighted by molar-refractivity contribution is -0.152. The molecule has 0 bridgehead atoms. The van der Waals surface area contributed by atoms with Gasteiger partial charge in [-0.1, -0.05) is 29.8 Å². The van der Waals surface area contributed by atoms with Crippen LogP contribution >= 0.6 is 22.9 Å². The third-order valence-electron chi connectivity index (χ3n) is 7.48. The largest absolute Gasteiger partial charge is 0.465 e. The van der Waals surface area contributed by atoms with Gasteiger partial charge in [0, 0.05) is 39.5 Å². The van der Waals surface area contributed by atoms with Gasteiger partial charge in [-0.25, -0.2) is 4.79 Å². The Labute approximate surface area is 247 Å². The lowest BCUT2D eigenvalue weighted by Crippen LogP contribution is -2.46. The summed E-state index contributed by atoms with van der Waals surface area (Å²) in [5.74, 6) is -4.04. The Balaban J connectivity index is 1.84. The number of benzene rings is 1. The Morgan fingerprint density at radius 2 is 1.90 bits per heavy atom. The van der Waals surface area contributed by atoms with Crippen LogP contribution in [0.4, 0.5) is 5.69 Å².